The van der Waals surface area contributed by atoms with Crippen LogP contribution in [0.25, 0.3) is 0 Å². The molecule has 1 heterocycles. The summed E-state index contributed by atoms with van der Waals surface area (Å²) >= 11 is 0. The topological polar surface area (TPSA) is 20.3 Å². The zero-order valence-electron chi connectivity index (χ0n) is 10.3. The molecule has 1 aliphatic rings. The fourth-order valence-corrected chi connectivity index (χ4v) is 2.18. The number of nitrogens with zero attached hydrogens (tertiary/aromatic N) is 1. The fourth-order valence-electron chi connectivity index (χ4n) is 2.18. The zero-order valence-corrected chi connectivity index (χ0v) is 10.3. The quantitative estimate of drug-likeness (QED) is 0.733. The molecule has 1 saturated heterocycles. The second-order valence-corrected chi connectivity index (χ2v) is 4.73. The van der Waals surface area contributed by atoms with Crippen molar-refractivity contribution < 1.29 is 22.4 Å². The molecule has 1 atom stereocenters. The number of benzene rings is 1. The first kappa shape index (κ1) is 13.8. The molecule has 1 fully saturated rings. The molecule has 2 rings (SSSR count). The minimum Gasteiger partial charge on any atom is -0.370 e. The van der Waals surface area contributed by atoms with Gasteiger partial charge in [0.1, 0.15) is 11.6 Å². The van der Waals surface area contributed by atoms with Crippen LogP contribution in [0.15, 0.2) is 18.2 Å². The molecule has 19 heavy (non-hydrogen) atoms. The van der Waals surface area contributed by atoms with Crippen LogP contribution >= 0.6 is 0 Å². The summed E-state index contributed by atoms with van der Waals surface area (Å²) in [7, 11) is 0. The number of carbonyl (C=O) groups excluding carboxylic acids is 1. The van der Waals surface area contributed by atoms with Crippen molar-refractivity contribution in [2.45, 2.75) is 19.5 Å². The van der Waals surface area contributed by atoms with Crippen LogP contribution in [0.3, 0.4) is 0 Å². The summed E-state index contributed by atoms with van der Waals surface area (Å²) in [5, 5.41) is 0. The van der Waals surface area contributed by atoms with Gasteiger partial charge < -0.3 is 4.90 Å². The highest BCUT2D eigenvalue weighted by Crippen LogP contribution is 2.34. The Balaban J connectivity index is 2.29. The second kappa shape index (κ2) is 4.83. The molecule has 0 aliphatic carbocycles. The predicted octanol–water partition coefficient (Wildman–Crippen LogP) is 3.26. The van der Waals surface area contributed by atoms with Gasteiger partial charge in [0.15, 0.2) is 0 Å². The molecule has 1 unspecified atom stereocenters. The van der Waals surface area contributed by atoms with E-state index in [4.69, 9.17) is 0 Å². The van der Waals surface area contributed by atoms with Crippen LogP contribution in [0, 0.1) is 11.7 Å². The molecule has 0 bridgehead atoms. The third kappa shape index (κ3) is 2.88. The molecule has 0 radical (unpaired) electrons. The highest BCUT2D eigenvalue weighted by molar-refractivity contribution is 5.83. The van der Waals surface area contributed by atoms with Crippen LogP contribution in [0.4, 0.5) is 23.2 Å². The molecule has 2 nitrogen and oxygen atoms in total. The van der Waals surface area contributed by atoms with E-state index in [1.807, 2.05) is 0 Å². The molecule has 1 aromatic carbocycles. The lowest BCUT2D eigenvalue weighted by Gasteiger charge is -2.32. The van der Waals surface area contributed by atoms with Crippen molar-refractivity contribution in [3.05, 3.63) is 29.6 Å². The average molecular weight is 275 g/mol. The van der Waals surface area contributed by atoms with E-state index in [1.54, 1.807) is 11.8 Å². The number of hydrogen-bond acceptors (Lipinski definition) is 2. The lowest BCUT2D eigenvalue weighted by molar-refractivity contribution is -0.140. The lowest BCUT2D eigenvalue weighted by atomic mass is 9.98. The van der Waals surface area contributed by atoms with Gasteiger partial charge >= 0.3 is 6.18 Å². The minimum atomic E-state index is -4.71. The van der Waals surface area contributed by atoms with Gasteiger partial charge in [0.2, 0.25) is 0 Å². The molecule has 0 spiro atoms. The number of hydrogen-bond donors (Lipinski definition) is 0. The van der Waals surface area contributed by atoms with Gasteiger partial charge in [-0.05, 0) is 18.2 Å². The van der Waals surface area contributed by atoms with Crippen molar-refractivity contribution in [2.24, 2.45) is 5.92 Å². The van der Waals surface area contributed by atoms with Gasteiger partial charge in [-0.1, -0.05) is 6.92 Å². The van der Waals surface area contributed by atoms with E-state index in [9.17, 15) is 22.4 Å². The highest BCUT2D eigenvalue weighted by atomic mass is 19.4. The summed E-state index contributed by atoms with van der Waals surface area (Å²) in [6.07, 6.45) is -4.41. The third-order valence-electron chi connectivity index (χ3n) is 3.29. The first-order valence-electron chi connectivity index (χ1n) is 5.93. The van der Waals surface area contributed by atoms with Crippen LogP contribution < -0.4 is 4.90 Å². The van der Waals surface area contributed by atoms with E-state index >= 15 is 0 Å². The number of rotatable bonds is 1. The van der Waals surface area contributed by atoms with Crippen LogP contribution in [-0.4, -0.2) is 18.9 Å². The average Bonchev–Trinajstić information content (AvgIpc) is 2.32. The van der Waals surface area contributed by atoms with Gasteiger partial charge in [0.05, 0.1) is 5.56 Å². The first-order valence-corrected chi connectivity index (χ1v) is 5.93. The maximum Gasteiger partial charge on any atom is 0.419 e. The summed E-state index contributed by atoms with van der Waals surface area (Å²) in [6, 6.07) is 2.93. The number of piperidine rings is 1. The normalized spacial score (nSPS) is 20.8. The van der Waals surface area contributed by atoms with Gasteiger partial charge in [-0.25, -0.2) is 4.39 Å². The van der Waals surface area contributed by atoms with Crippen molar-refractivity contribution in [3.8, 4) is 0 Å². The standard InChI is InChI=1S/C13H13F4NO/c1-8-7-18(5-4-12(8)19)9-2-3-11(14)10(6-9)13(15,16)17/h2-3,6,8H,4-5,7H2,1H3. The Bertz CT molecular complexity index is 498. The molecular weight excluding hydrogens is 262 g/mol. The lowest BCUT2D eigenvalue weighted by Crippen LogP contribution is -2.39. The van der Waals surface area contributed by atoms with Gasteiger partial charge in [0, 0.05) is 31.1 Å². The Labute approximate surface area is 108 Å². The summed E-state index contributed by atoms with van der Waals surface area (Å²) in [5.74, 6) is -1.39. The molecule has 0 aromatic heterocycles. The number of alkyl halides is 3. The Hall–Kier alpha value is -1.59. The number of ketones is 1. The van der Waals surface area contributed by atoms with Crippen LogP contribution in [0.2, 0.25) is 0 Å². The maximum absolute atomic E-state index is 13.2. The number of carbonyl (C=O) groups is 1. The van der Waals surface area contributed by atoms with E-state index < -0.39 is 17.6 Å². The van der Waals surface area contributed by atoms with Gasteiger partial charge in [0.25, 0.3) is 0 Å². The Morgan fingerprint density at radius 2 is 2.00 bits per heavy atom. The molecule has 1 aliphatic heterocycles. The van der Waals surface area contributed by atoms with Crippen LogP contribution in [0.5, 0.6) is 0 Å². The van der Waals surface area contributed by atoms with Crippen molar-refractivity contribution in [2.75, 3.05) is 18.0 Å². The van der Waals surface area contributed by atoms with E-state index in [1.165, 1.54) is 6.07 Å². The van der Waals surface area contributed by atoms with E-state index in [0.717, 1.165) is 12.1 Å². The van der Waals surface area contributed by atoms with Gasteiger partial charge in [-0.3, -0.25) is 4.79 Å². The van der Waals surface area contributed by atoms with Crippen molar-refractivity contribution >= 4 is 11.5 Å². The van der Waals surface area contributed by atoms with Gasteiger partial charge in [-0.15, -0.1) is 0 Å². The molecule has 0 saturated carbocycles. The van der Waals surface area contributed by atoms with E-state index in [-0.39, 0.29) is 11.7 Å². The summed E-state index contributed by atoms with van der Waals surface area (Å²) in [6.45, 7) is 2.47. The second-order valence-electron chi connectivity index (χ2n) is 4.73. The van der Waals surface area contributed by atoms with Crippen molar-refractivity contribution in [1.29, 1.82) is 0 Å². The molecule has 0 N–H and O–H groups in total. The minimum absolute atomic E-state index is 0.106. The largest absolute Gasteiger partial charge is 0.419 e. The van der Waals surface area contributed by atoms with E-state index in [0.29, 0.717) is 25.2 Å². The summed E-state index contributed by atoms with van der Waals surface area (Å²) < 4.78 is 51.0. The predicted molar refractivity (Wildman–Crippen MR) is 62.4 cm³/mol. The molecule has 104 valence electrons. The monoisotopic (exact) mass is 275 g/mol. The Morgan fingerprint density at radius 3 is 2.58 bits per heavy atom. The van der Waals surface area contributed by atoms with Gasteiger partial charge in [-0.2, -0.15) is 13.2 Å². The number of anilines is 1. The SMILES string of the molecule is CC1CN(c2ccc(F)c(C(F)(F)F)c2)CCC1=O. The smallest absolute Gasteiger partial charge is 0.370 e. The van der Waals surface area contributed by atoms with Crippen molar-refractivity contribution in [3.63, 3.8) is 0 Å². The van der Waals surface area contributed by atoms with E-state index in [2.05, 4.69) is 0 Å². The highest BCUT2D eigenvalue weighted by Gasteiger charge is 2.35. The molecule has 1 aromatic rings. The fraction of sp³-hybridized carbons (Fsp3) is 0.462. The summed E-state index contributed by atoms with van der Waals surface area (Å²) in [5.41, 5.74) is -0.970. The van der Waals surface area contributed by atoms with Crippen LogP contribution in [-0.2, 0) is 11.0 Å². The number of halogens is 4. The zero-order chi connectivity index (χ0) is 14.2. The Kier molecular flexibility index (Phi) is 3.52. The Morgan fingerprint density at radius 1 is 1.32 bits per heavy atom. The van der Waals surface area contributed by atoms with Crippen molar-refractivity contribution in [1.82, 2.24) is 0 Å². The number of Topliss-reactive ketones (excluding diaryl/α,β-unsaturated/α-hetero) is 1. The third-order valence-corrected chi connectivity index (χ3v) is 3.29. The maximum atomic E-state index is 13.2. The van der Waals surface area contributed by atoms with Crippen LogP contribution in [0.1, 0.15) is 18.9 Å². The summed E-state index contributed by atoms with van der Waals surface area (Å²) in [4.78, 5) is 13.1. The molecular formula is C13H13F4NO. The first-order chi connectivity index (χ1) is 8.79. The molecule has 0 amide bonds. The molecule has 6 heteroatoms.